The minimum Gasteiger partial charge on any atom is -0.284 e. The van der Waals surface area contributed by atoms with Crippen LogP contribution in [-0.4, -0.2) is 30.0 Å². The molecule has 1 aromatic rings. The molecule has 5 nitrogen and oxygen atoms in total. The average Bonchev–Trinajstić information content (AvgIpc) is 2.75. The predicted molar refractivity (Wildman–Crippen MR) is 60.8 cm³/mol. The first-order chi connectivity index (χ1) is 7.58. The van der Waals surface area contributed by atoms with Crippen molar-refractivity contribution >= 4 is 21.6 Å². The van der Waals surface area contributed by atoms with Gasteiger partial charge in [0.05, 0.1) is 6.20 Å². The molecule has 0 radical (unpaired) electrons. The van der Waals surface area contributed by atoms with Gasteiger partial charge in [-0.2, -0.15) is 5.10 Å². The zero-order chi connectivity index (χ0) is 11.6. The van der Waals surface area contributed by atoms with Gasteiger partial charge in [0.2, 0.25) is 10.0 Å². The number of hydrogen-bond acceptors (Lipinski definition) is 3. The lowest BCUT2D eigenvalue weighted by atomic mass is 9.96. The average molecular weight is 264 g/mol. The Kier molecular flexibility index (Phi) is 3.51. The highest BCUT2D eigenvalue weighted by molar-refractivity contribution is 7.89. The molecule has 2 N–H and O–H groups in total. The molecule has 0 aromatic carbocycles. The van der Waals surface area contributed by atoms with Gasteiger partial charge in [-0.15, -0.1) is 11.6 Å². The first-order valence-corrected chi connectivity index (χ1v) is 7.15. The predicted octanol–water partition coefficient (Wildman–Crippen LogP) is 1.24. The Bertz CT molecular complexity index is 424. The third kappa shape index (κ3) is 2.75. The molecule has 0 saturated heterocycles. The molecule has 1 aromatic heterocycles. The topological polar surface area (TPSA) is 74.8 Å². The Morgan fingerprint density at radius 1 is 1.38 bits per heavy atom. The molecule has 0 aliphatic heterocycles. The molecule has 0 bridgehead atoms. The number of aromatic amines is 1. The van der Waals surface area contributed by atoms with Gasteiger partial charge in [0.1, 0.15) is 4.90 Å². The van der Waals surface area contributed by atoms with Gasteiger partial charge < -0.3 is 0 Å². The highest BCUT2D eigenvalue weighted by Gasteiger charge is 2.25. The van der Waals surface area contributed by atoms with E-state index < -0.39 is 10.0 Å². The molecular weight excluding hydrogens is 250 g/mol. The third-order valence-electron chi connectivity index (χ3n) is 2.76. The minimum absolute atomic E-state index is 0.00472. The molecule has 7 heteroatoms. The van der Waals surface area contributed by atoms with Crippen LogP contribution >= 0.6 is 11.6 Å². The van der Waals surface area contributed by atoms with E-state index in [1.165, 1.54) is 12.4 Å². The summed E-state index contributed by atoms with van der Waals surface area (Å²) in [5.74, 6) is 0. The highest BCUT2D eigenvalue weighted by atomic mass is 35.5. The molecule has 2 rings (SSSR count). The second kappa shape index (κ2) is 4.73. The molecule has 1 heterocycles. The standard InChI is InChI=1S/C9H14ClN3O2S/c10-7-1-3-8(4-2-7)13-16(14,15)9-5-11-12-6-9/h5-8,13H,1-4H2,(H,11,12). The van der Waals surface area contributed by atoms with E-state index in [1.807, 2.05) is 0 Å². The van der Waals surface area contributed by atoms with Crippen LogP contribution in [0.25, 0.3) is 0 Å². The van der Waals surface area contributed by atoms with E-state index in [1.54, 1.807) is 0 Å². The van der Waals surface area contributed by atoms with Crippen LogP contribution in [0.1, 0.15) is 25.7 Å². The number of nitrogens with zero attached hydrogens (tertiary/aromatic N) is 1. The van der Waals surface area contributed by atoms with Crippen LogP contribution in [0.4, 0.5) is 0 Å². The van der Waals surface area contributed by atoms with E-state index >= 15 is 0 Å². The number of hydrogen-bond donors (Lipinski definition) is 2. The van der Waals surface area contributed by atoms with Gasteiger partial charge in [0.15, 0.2) is 0 Å². The van der Waals surface area contributed by atoms with Gasteiger partial charge in [-0.1, -0.05) is 0 Å². The van der Waals surface area contributed by atoms with E-state index in [4.69, 9.17) is 11.6 Å². The fourth-order valence-corrected chi connectivity index (χ4v) is 3.31. The quantitative estimate of drug-likeness (QED) is 0.806. The van der Waals surface area contributed by atoms with Crippen molar-refractivity contribution in [1.29, 1.82) is 0 Å². The van der Waals surface area contributed by atoms with Crippen LogP contribution < -0.4 is 4.72 Å². The van der Waals surface area contributed by atoms with E-state index in [2.05, 4.69) is 14.9 Å². The normalized spacial score (nSPS) is 26.8. The Balaban J connectivity index is 2.00. The maximum Gasteiger partial charge on any atom is 0.243 e. The first kappa shape index (κ1) is 11.9. The van der Waals surface area contributed by atoms with Gasteiger partial charge in [0, 0.05) is 17.6 Å². The number of sulfonamides is 1. The summed E-state index contributed by atoms with van der Waals surface area (Å²) in [7, 11) is -3.42. The molecular formula is C9H14ClN3O2S. The van der Waals surface area contributed by atoms with E-state index in [0.717, 1.165) is 25.7 Å². The van der Waals surface area contributed by atoms with E-state index in [0.29, 0.717) is 0 Å². The Morgan fingerprint density at radius 2 is 2.06 bits per heavy atom. The summed E-state index contributed by atoms with van der Waals surface area (Å²) in [6, 6.07) is -0.00472. The van der Waals surface area contributed by atoms with Crippen molar-refractivity contribution in [3.05, 3.63) is 12.4 Å². The molecule has 90 valence electrons. The summed E-state index contributed by atoms with van der Waals surface area (Å²) in [4.78, 5) is 0.181. The van der Waals surface area contributed by atoms with Crippen molar-refractivity contribution in [1.82, 2.24) is 14.9 Å². The third-order valence-corrected chi connectivity index (χ3v) is 4.69. The second-order valence-corrected chi connectivity index (χ2v) is 6.34. The van der Waals surface area contributed by atoms with Gasteiger partial charge in [-0.3, -0.25) is 5.10 Å². The van der Waals surface area contributed by atoms with Crippen LogP contribution in [0.3, 0.4) is 0 Å². The Labute approximate surface area is 99.6 Å². The summed E-state index contributed by atoms with van der Waals surface area (Å²) in [6.45, 7) is 0. The smallest absolute Gasteiger partial charge is 0.243 e. The van der Waals surface area contributed by atoms with Crippen LogP contribution in [0.2, 0.25) is 0 Å². The fraction of sp³-hybridized carbons (Fsp3) is 0.667. The number of halogens is 1. The number of H-pyrrole nitrogens is 1. The summed E-state index contributed by atoms with van der Waals surface area (Å²) in [6.07, 6.45) is 5.99. The van der Waals surface area contributed by atoms with Gasteiger partial charge >= 0.3 is 0 Å². The zero-order valence-corrected chi connectivity index (χ0v) is 10.3. The van der Waals surface area contributed by atoms with E-state index in [9.17, 15) is 8.42 Å². The Hall–Kier alpha value is -0.590. The maximum absolute atomic E-state index is 11.8. The summed E-state index contributed by atoms with van der Waals surface area (Å²) in [5, 5.41) is 6.31. The van der Waals surface area contributed by atoms with Crippen LogP contribution in [0.15, 0.2) is 17.3 Å². The van der Waals surface area contributed by atoms with Crippen molar-refractivity contribution in [2.24, 2.45) is 0 Å². The lowest BCUT2D eigenvalue weighted by Crippen LogP contribution is -2.37. The molecule has 16 heavy (non-hydrogen) atoms. The van der Waals surface area contributed by atoms with Crippen molar-refractivity contribution < 1.29 is 8.42 Å². The molecule has 1 aliphatic carbocycles. The van der Waals surface area contributed by atoms with Gasteiger partial charge in [0.25, 0.3) is 0 Å². The molecule has 1 fully saturated rings. The van der Waals surface area contributed by atoms with Gasteiger partial charge in [-0.25, -0.2) is 13.1 Å². The zero-order valence-electron chi connectivity index (χ0n) is 8.69. The molecule has 0 amide bonds. The lowest BCUT2D eigenvalue weighted by Gasteiger charge is -2.25. The molecule has 0 atom stereocenters. The molecule has 1 saturated carbocycles. The first-order valence-electron chi connectivity index (χ1n) is 5.23. The number of aromatic nitrogens is 2. The Morgan fingerprint density at radius 3 is 2.62 bits per heavy atom. The largest absolute Gasteiger partial charge is 0.284 e. The number of alkyl halides is 1. The van der Waals surface area contributed by atoms with Crippen molar-refractivity contribution in [3.63, 3.8) is 0 Å². The van der Waals surface area contributed by atoms with Crippen molar-refractivity contribution in [2.45, 2.75) is 42.0 Å². The monoisotopic (exact) mass is 263 g/mol. The molecule has 0 unspecified atom stereocenters. The van der Waals surface area contributed by atoms with Crippen molar-refractivity contribution in [2.75, 3.05) is 0 Å². The van der Waals surface area contributed by atoms with Gasteiger partial charge in [-0.05, 0) is 25.7 Å². The van der Waals surface area contributed by atoms with Crippen LogP contribution in [0, 0.1) is 0 Å². The fourth-order valence-electron chi connectivity index (χ4n) is 1.84. The van der Waals surface area contributed by atoms with Crippen LogP contribution in [-0.2, 0) is 10.0 Å². The number of nitrogens with one attached hydrogen (secondary N) is 2. The SMILES string of the molecule is O=S(=O)(NC1CCC(Cl)CC1)c1cn[nH]c1. The molecule has 0 spiro atoms. The second-order valence-electron chi connectivity index (χ2n) is 4.00. The number of rotatable bonds is 3. The van der Waals surface area contributed by atoms with Crippen molar-refractivity contribution in [3.8, 4) is 0 Å². The highest BCUT2D eigenvalue weighted by Crippen LogP contribution is 2.23. The maximum atomic E-state index is 11.8. The van der Waals surface area contributed by atoms with Crippen LogP contribution in [0.5, 0.6) is 0 Å². The summed E-state index contributed by atoms with van der Waals surface area (Å²) in [5.41, 5.74) is 0. The minimum atomic E-state index is -3.42. The summed E-state index contributed by atoms with van der Waals surface area (Å²) < 4.78 is 26.3. The van der Waals surface area contributed by atoms with E-state index in [-0.39, 0.29) is 16.3 Å². The lowest BCUT2D eigenvalue weighted by molar-refractivity contribution is 0.416. The summed E-state index contributed by atoms with van der Waals surface area (Å²) >= 11 is 5.96. The molecule has 1 aliphatic rings.